The molecule has 0 unspecified atom stereocenters. The van der Waals surface area contributed by atoms with Crippen LogP contribution in [-0.2, 0) is 14.6 Å². The van der Waals surface area contributed by atoms with E-state index in [0.29, 0.717) is 10.2 Å². The topological polar surface area (TPSA) is 96.0 Å². The van der Waals surface area contributed by atoms with Crippen molar-refractivity contribution in [2.75, 3.05) is 40.2 Å². The van der Waals surface area contributed by atoms with Crippen LogP contribution in [0.25, 0.3) is 0 Å². The average Bonchev–Trinajstić information content (AvgIpc) is 2.61. The number of carbonyl (C=O) groups excluding carboxylic acids is 1. The van der Waals surface area contributed by atoms with Gasteiger partial charge in [-0.3, -0.25) is 13.6 Å². The molecule has 9 heteroatoms. The molecule has 0 saturated heterocycles. The SMILES string of the molecule is CN(C(=O)Oc1cccc([N+](C)(C)C)c1)c1ccccc1.COS(=O)(=O)[O-]. The fourth-order valence-electron chi connectivity index (χ4n) is 1.89. The van der Waals surface area contributed by atoms with Crippen molar-refractivity contribution in [2.45, 2.75) is 0 Å². The maximum atomic E-state index is 12.2. The van der Waals surface area contributed by atoms with Crippen molar-refractivity contribution in [1.82, 2.24) is 4.48 Å². The highest BCUT2D eigenvalue weighted by atomic mass is 32.3. The third kappa shape index (κ3) is 8.18. The van der Waals surface area contributed by atoms with E-state index >= 15 is 0 Å². The summed E-state index contributed by atoms with van der Waals surface area (Å²) in [5, 5.41) is 0. The molecule has 0 aliphatic rings. The van der Waals surface area contributed by atoms with Crippen molar-refractivity contribution in [3.63, 3.8) is 0 Å². The van der Waals surface area contributed by atoms with Gasteiger partial charge in [-0.2, -0.15) is 0 Å². The van der Waals surface area contributed by atoms with E-state index < -0.39 is 16.5 Å². The van der Waals surface area contributed by atoms with Crippen molar-refractivity contribution < 1.29 is 26.7 Å². The maximum absolute atomic E-state index is 12.2. The van der Waals surface area contributed by atoms with Crippen LogP contribution in [0.15, 0.2) is 54.6 Å². The molecule has 0 atom stereocenters. The van der Waals surface area contributed by atoms with Crippen LogP contribution in [0, 0.1) is 0 Å². The minimum Gasteiger partial charge on any atom is -0.726 e. The van der Waals surface area contributed by atoms with Crippen molar-refractivity contribution >= 4 is 27.9 Å². The van der Waals surface area contributed by atoms with E-state index in [1.165, 1.54) is 4.90 Å². The number of rotatable bonds is 4. The Morgan fingerprint density at radius 3 is 2.07 bits per heavy atom. The van der Waals surface area contributed by atoms with Gasteiger partial charge in [-0.15, -0.1) is 0 Å². The van der Waals surface area contributed by atoms with Gasteiger partial charge in [-0.1, -0.05) is 24.3 Å². The van der Waals surface area contributed by atoms with Crippen molar-refractivity contribution in [3.05, 3.63) is 54.6 Å². The summed E-state index contributed by atoms with van der Waals surface area (Å²) in [6.07, 6.45) is -0.403. The molecule has 0 heterocycles. The lowest BCUT2D eigenvalue weighted by Crippen LogP contribution is -2.34. The third-order valence-corrected chi connectivity index (χ3v) is 3.83. The van der Waals surface area contributed by atoms with Gasteiger partial charge in [0.15, 0.2) is 0 Å². The monoisotopic (exact) mass is 396 g/mol. The first-order valence-corrected chi connectivity index (χ1v) is 9.21. The van der Waals surface area contributed by atoms with Crippen LogP contribution < -0.4 is 14.1 Å². The first-order chi connectivity index (χ1) is 12.4. The highest BCUT2D eigenvalue weighted by molar-refractivity contribution is 7.80. The molecular formula is C18H24N2O6S. The molecule has 0 radical (unpaired) electrons. The van der Waals surface area contributed by atoms with Crippen molar-refractivity contribution in [1.29, 1.82) is 0 Å². The zero-order valence-electron chi connectivity index (χ0n) is 15.9. The van der Waals surface area contributed by atoms with Gasteiger partial charge < -0.3 is 9.29 Å². The predicted molar refractivity (Wildman–Crippen MR) is 104 cm³/mol. The van der Waals surface area contributed by atoms with Gasteiger partial charge in [-0.05, 0) is 24.3 Å². The fraction of sp³-hybridized carbons (Fsp3) is 0.278. The van der Waals surface area contributed by atoms with Gasteiger partial charge in [0.25, 0.3) is 0 Å². The van der Waals surface area contributed by atoms with Crippen LogP contribution >= 0.6 is 0 Å². The van der Waals surface area contributed by atoms with Gasteiger partial charge in [-0.25, -0.2) is 13.2 Å². The average molecular weight is 396 g/mol. The number of para-hydroxylation sites is 1. The zero-order chi connectivity index (χ0) is 20.7. The maximum Gasteiger partial charge on any atom is 0.419 e. The summed E-state index contributed by atoms with van der Waals surface area (Å²) in [6.45, 7) is 0. The molecule has 0 N–H and O–H groups in total. The van der Waals surface area contributed by atoms with Crippen LogP contribution in [0.2, 0.25) is 0 Å². The van der Waals surface area contributed by atoms with E-state index in [9.17, 15) is 17.8 Å². The number of hydrogen-bond donors (Lipinski definition) is 0. The predicted octanol–water partition coefficient (Wildman–Crippen LogP) is 2.61. The molecule has 0 aromatic heterocycles. The fourth-order valence-corrected chi connectivity index (χ4v) is 1.89. The van der Waals surface area contributed by atoms with Gasteiger partial charge in [0, 0.05) is 18.8 Å². The first kappa shape index (κ1) is 22.6. The largest absolute Gasteiger partial charge is 0.726 e. The van der Waals surface area contributed by atoms with Gasteiger partial charge in [0.2, 0.25) is 10.4 Å². The Balaban J connectivity index is 0.000000527. The van der Waals surface area contributed by atoms with Crippen LogP contribution in [-0.4, -0.2) is 54.4 Å². The number of anilines is 1. The number of amides is 1. The third-order valence-electron chi connectivity index (χ3n) is 3.42. The van der Waals surface area contributed by atoms with Gasteiger partial charge in [0.05, 0.1) is 28.3 Å². The Morgan fingerprint density at radius 2 is 1.59 bits per heavy atom. The molecule has 8 nitrogen and oxygen atoms in total. The number of ether oxygens (including phenoxy) is 1. The minimum absolute atomic E-state index is 0.403. The number of benzene rings is 2. The number of carbonyl (C=O) groups is 1. The second-order valence-corrected chi connectivity index (χ2v) is 7.50. The molecular weight excluding hydrogens is 372 g/mol. The molecule has 0 fully saturated rings. The molecule has 0 bridgehead atoms. The molecule has 0 aliphatic carbocycles. The molecule has 0 spiro atoms. The molecule has 148 valence electrons. The van der Waals surface area contributed by atoms with Crippen LogP contribution in [0.4, 0.5) is 16.2 Å². The van der Waals surface area contributed by atoms with Crippen molar-refractivity contribution in [2.24, 2.45) is 0 Å². The minimum atomic E-state index is -4.41. The number of quaternary nitrogens is 1. The quantitative estimate of drug-likeness (QED) is 0.448. The summed E-state index contributed by atoms with van der Waals surface area (Å²) < 4.78 is 37.1. The second-order valence-electron chi connectivity index (χ2n) is 6.35. The molecule has 0 aliphatic heterocycles. The number of nitrogens with zero attached hydrogens (tertiary/aromatic N) is 2. The summed E-state index contributed by atoms with van der Waals surface area (Å²) in [4.78, 5) is 13.7. The van der Waals surface area contributed by atoms with Gasteiger partial charge >= 0.3 is 6.09 Å². The second kappa shape index (κ2) is 9.47. The lowest BCUT2D eigenvalue weighted by Gasteiger charge is -2.24. The Hall–Kier alpha value is -2.46. The lowest BCUT2D eigenvalue weighted by atomic mass is 10.2. The Bertz CT molecular complexity index is 848. The molecule has 0 saturated carbocycles. The molecule has 27 heavy (non-hydrogen) atoms. The van der Waals surface area contributed by atoms with E-state index in [1.807, 2.05) is 48.5 Å². The summed E-state index contributed by atoms with van der Waals surface area (Å²) in [7, 11) is 4.29. The standard InChI is InChI=1S/C17H21N2O2.CH4O4S/c1-18(14-9-6-5-7-10-14)17(20)21-16-12-8-11-15(13-16)19(2,3)4;1-5-6(2,3)4/h5-13H,1-4H3;1H3,(H,2,3,4)/q+1;/p-1. The molecule has 2 aromatic carbocycles. The highest BCUT2D eigenvalue weighted by Gasteiger charge is 2.16. The van der Waals surface area contributed by atoms with Crippen LogP contribution in [0.1, 0.15) is 0 Å². The summed E-state index contributed by atoms with van der Waals surface area (Å²) in [6, 6.07) is 17.0. The van der Waals surface area contributed by atoms with Crippen LogP contribution in [0.3, 0.4) is 0 Å². The van der Waals surface area contributed by atoms with E-state index in [0.717, 1.165) is 18.5 Å². The molecule has 2 rings (SSSR count). The summed E-state index contributed by atoms with van der Waals surface area (Å²) in [5.41, 5.74) is 1.87. The molecule has 1 amide bonds. The lowest BCUT2D eigenvalue weighted by molar-refractivity contribution is 0.209. The van der Waals surface area contributed by atoms with E-state index in [4.69, 9.17) is 4.74 Å². The highest BCUT2D eigenvalue weighted by Crippen LogP contribution is 2.23. The number of hydrogen-bond acceptors (Lipinski definition) is 6. The zero-order valence-corrected chi connectivity index (χ0v) is 16.8. The van der Waals surface area contributed by atoms with E-state index in [1.54, 1.807) is 13.1 Å². The Kier molecular flexibility index (Phi) is 7.92. The first-order valence-electron chi connectivity index (χ1n) is 7.88. The van der Waals surface area contributed by atoms with Crippen LogP contribution in [0.5, 0.6) is 5.75 Å². The van der Waals surface area contributed by atoms with Crippen molar-refractivity contribution in [3.8, 4) is 5.75 Å². The van der Waals surface area contributed by atoms with Gasteiger partial charge in [0.1, 0.15) is 11.4 Å². The molecule has 2 aromatic rings. The normalized spacial score (nSPS) is 11.2. The van der Waals surface area contributed by atoms with E-state index in [-0.39, 0.29) is 0 Å². The smallest absolute Gasteiger partial charge is 0.419 e. The Morgan fingerprint density at radius 1 is 1.04 bits per heavy atom. The Labute approximate surface area is 160 Å². The summed E-state index contributed by atoms with van der Waals surface area (Å²) >= 11 is 0. The van der Waals surface area contributed by atoms with E-state index in [2.05, 4.69) is 25.3 Å². The summed E-state index contributed by atoms with van der Waals surface area (Å²) in [5.74, 6) is 0.549.